The molecule has 1 aliphatic rings. The summed E-state index contributed by atoms with van der Waals surface area (Å²) in [6, 6.07) is 16.8. The zero-order valence-corrected chi connectivity index (χ0v) is 13.2. The highest BCUT2D eigenvalue weighted by molar-refractivity contribution is 6.30. The minimum Gasteiger partial charge on any atom is -1.00 e. The van der Waals surface area contributed by atoms with E-state index in [9.17, 15) is 0 Å². The summed E-state index contributed by atoms with van der Waals surface area (Å²) in [5, 5.41) is 4.25. The van der Waals surface area contributed by atoms with Gasteiger partial charge in [0.2, 0.25) is 0 Å². The van der Waals surface area contributed by atoms with E-state index in [1.807, 2.05) is 36.4 Å². The number of ether oxygens (including phenoxy) is 1. The third kappa shape index (κ3) is 5.24. The van der Waals surface area contributed by atoms with E-state index in [2.05, 4.69) is 17.4 Å². The van der Waals surface area contributed by atoms with Gasteiger partial charge in [-0.1, -0.05) is 35.9 Å². The number of hydrogen-bond donors (Lipinski definition) is 1. The van der Waals surface area contributed by atoms with Crippen molar-refractivity contribution in [1.82, 2.24) is 5.32 Å². The van der Waals surface area contributed by atoms with Gasteiger partial charge in [0.15, 0.2) is 0 Å². The maximum Gasteiger partial charge on any atom is 0.119 e. The number of hydrogen-bond acceptors (Lipinski definition) is 2. The fourth-order valence-corrected chi connectivity index (χ4v) is 2.13. The van der Waals surface area contributed by atoms with Gasteiger partial charge in [0.05, 0.1) is 0 Å². The van der Waals surface area contributed by atoms with E-state index < -0.39 is 0 Å². The molecule has 1 fully saturated rings. The average Bonchev–Trinajstić information content (AvgIpc) is 3.30. The van der Waals surface area contributed by atoms with Crippen molar-refractivity contribution in [3.63, 3.8) is 0 Å². The van der Waals surface area contributed by atoms with Crippen molar-refractivity contribution in [3.05, 3.63) is 64.7 Å². The van der Waals surface area contributed by atoms with E-state index in [4.69, 9.17) is 16.3 Å². The summed E-state index contributed by atoms with van der Waals surface area (Å²) < 4.78 is 5.76. The van der Waals surface area contributed by atoms with Crippen LogP contribution in [0.3, 0.4) is 0 Å². The van der Waals surface area contributed by atoms with Crippen LogP contribution in [0.4, 0.5) is 0 Å². The van der Waals surface area contributed by atoms with Crippen molar-refractivity contribution in [2.24, 2.45) is 0 Å². The second kappa shape index (κ2) is 7.69. The molecule has 1 aliphatic carbocycles. The number of halogens is 2. The van der Waals surface area contributed by atoms with Crippen molar-refractivity contribution in [1.29, 1.82) is 0 Å². The molecule has 0 amide bonds. The highest BCUT2D eigenvalue weighted by atomic mass is 35.5. The monoisotopic (exact) mass is 322 g/mol. The molecule has 2 nitrogen and oxygen atoms in total. The average molecular weight is 323 g/mol. The lowest BCUT2D eigenvalue weighted by atomic mass is 10.2. The molecule has 1 N–H and O–H groups in total. The first-order valence-electron chi connectivity index (χ1n) is 6.99. The Morgan fingerprint density at radius 2 is 1.57 bits per heavy atom. The maximum atomic E-state index is 5.86. The second-order valence-electron chi connectivity index (χ2n) is 5.21. The van der Waals surface area contributed by atoms with Gasteiger partial charge >= 0.3 is 0 Å². The van der Waals surface area contributed by atoms with Crippen LogP contribution in [0, 0.1) is 0 Å². The van der Waals surface area contributed by atoms with Gasteiger partial charge in [-0.05, 0) is 48.2 Å². The van der Waals surface area contributed by atoms with Gasteiger partial charge < -0.3 is 22.5 Å². The Bertz CT molecular complexity index is 550. The lowest BCUT2D eigenvalue weighted by Crippen LogP contribution is -3.00. The quantitative estimate of drug-likeness (QED) is 0.862. The highest BCUT2D eigenvalue weighted by Crippen LogP contribution is 2.20. The fourth-order valence-electron chi connectivity index (χ4n) is 2.00. The van der Waals surface area contributed by atoms with Gasteiger partial charge in [-0.25, -0.2) is 0 Å². The van der Waals surface area contributed by atoms with Crippen LogP contribution in [0.1, 0.15) is 24.0 Å². The van der Waals surface area contributed by atoms with Crippen LogP contribution in [0.25, 0.3) is 0 Å². The van der Waals surface area contributed by atoms with Crippen LogP contribution in [-0.4, -0.2) is 6.04 Å². The third-order valence-corrected chi connectivity index (χ3v) is 3.67. The minimum atomic E-state index is 0. The summed E-state index contributed by atoms with van der Waals surface area (Å²) in [6.07, 6.45) is 2.64. The maximum absolute atomic E-state index is 5.86. The van der Waals surface area contributed by atoms with E-state index in [0.717, 1.165) is 28.9 Å². The molecule has 21 heavy (non-hydrogen) atoms. The summed E-state index contributed by atoms with van der Waals surface area (Å²) >= 11 is 5.86. The largest absolute Gasteiger partial charge is 1.00 e. The molecule has 0 radical (unpaired) electrons. The summed E-state index contributed by atoms with van der Waals surface area (Å²) in [6.45, 7) is 1.51. The molecule has 112 valence electrons. The molecule has 0 heterocycles. The van der Waals surface area contributed by atoms with Gasteiger partial charge in [0.25, 0.3) is 0 Å². The first-order valence-corrected chi connectivity index (χ1v) is 7.37. The zero-order chi connectivity index (χ0) is 13.8. The van der Waals surface area contributed by atoms with Gasteiger partial charge in [-0.2, -0.15) is 0 Å². The first kappa shape index (κ1) is 16.2. The van der Waals surface area contributed by atoms with Crippen LogP contribution in [0.15, 0.2) is 48.5 Å². The Labute approximate surface area is 136 Å². The lowest BCUT2D eigenvalue weighted by molar-refractivity contribution is -0.00000436. The van der Waals surface area contributed by atoms with Crippen LogP contribution in [0.5, 0.6) is 5.75 Å². The molecule has 0 aliphatic heterocycles. The van der Waals surface area contributed by atoms with Crippen LogP contribution < -0.4 is 22.5 Å². The highest BCUT2D eigenvalue weighted by Gasteiger charge is 2.19. The molecular weight excluding hydrogens is 305 g/mol. The number of rotatable bonds is 6. The third-order valence-electron chi connectivity index (χ3n) is 3.41. The molecule has 0 bridgehead atoms. The van der Waals surface area contributed by atoms with Crippen LogP contribution in [0.2, 0.25) is 5.02 Å². The molecule has 1 saturated carbocycles. The van der Waals surface area contributed by atoms with Gasteiger partial charge in [-0.15, -0.1) is 0 Å². The van der Waals surface area contributed by atoms with E-state index in [0.29, 0.717) is 6.61 Å². The van der Waals surface area contributed by atoms with E-state index in [-0.39, 0.29) is 12.4 Å². The molecule has 0 aromatic heterocycles. The predicted molar refractivity (Wildman–Crippen MR) is 82.1 cm³/mol. The Hall–Kier alpha value is -1.22. The molecule has 2 aromatic rings. The van der Waals surface area contributed by atoms with E-state index in [1.165, 1.54) is 18.4 Å². The van der Waals surface area contributed by atoms with Crippen LogP contribution in [-0.2, 0) is 13.2 Å². The lowest BCUT2D eigenvalue weighted by Gasteiger charge is -2.08. The Kier molecular flexibility index (Phi) is 5.92. The predicted octanol–water partition coefficient (Wildman–Crippen LogP) is 1.17. The van der Waals surface area contributed by atoms with Gasteiger partial charge in [-0.3, -0.25) is 0 Å². The summed E-state index contributed by atoms with van der Waals surface area (Å²) in [4.78, 5) is 0. The zero-order valence-electron chi connectivity index (χ0n) is 11.7. The summed E-state index contributed by atoms with van der Waals surface area (Å²) in [5.41, 5.74) is 2.42. The molecular formula is C17H18Cl2NO-. The summed E-state index contributed by atoms with van der Waals surface area (Å²) in [7, 11) is 0. The SMILES string of the molecule is Clc1ccc(COc2ccc(CNC3CC3)cc2)cc1.[Cl-]. The smallest absolute Gasteiger partial charge is 0.119 e. The number of nitrogens with one attached hydrogen (secondary N) is 1. The van der Waals surface area contributed by atoms with Crippen molar-refractivity contribution >= 4 is 11.6 Å². The minimum absolute atomic E-state index is 0. The topological polar surface area (TPSA) is 21.3 Å². The molecule has 0 saturated heterocycles. The molecule has 0 atom stereocenters. The second-order valence-corrected chi connectivity index (χ2v) is 5.65. The molecule has 2 aromatic carbocycles. The van der Waals surface area contributed by atoms with Gasteiger partial charge in [0, 0.05) is 17.6 Å². The first-order chi connectivity index (χ1) is 9.79. The molecule has 3 rings (SSSR count). The van der Waals surface area contributed by atoms with E-state index in [1.54, 1.807) is 0 Å². The van der Waals surface area contributed by atoms with Gasteiger partial charge in [0.1, 0.15) is 12.4 Å². The standard InChI is InChI=1S/C17H18ClNO.ClH/c18-15-5-1-14(2-6-15)12-20-17-9-3-13(4-10-17)11-19-16-7-8-16;/h1-6,9-10,16,19H,7-8,11-12H2;1H/p-1. The Balaban J connectivity index is 0.00000161. The van der Waals surface area contributed by atoms with Crippen molar-refractivity contribution in [3.8, 4) is 5.75 Å². The normalized spacial score (nSPS) is 13.6. The van der Waals surface area contributed by atoms with Crippen molar-refractivity contribution in [2.45, 2.75) is 32.0 Å². The molecule has 4 heteroatoms. The Morgan fingerprint density at radius 3 is 2.19 bits per heavy atom. The van der Waals surface area contributed by atoms with Crippen molar-refractivity contribution in [2.75, 3.05) is 0 Å². The van der Waals surface area contributed by atoms with Crippen LogP contribution >= 0.6 is 11.6 Å². The van der Waals surface area contributed by atoms with Crippen molar-refractivity contribution < 1.29 is 17.1 Å². The van der Waals surface area contributed by atoms with E-state index >= 15 is 0 Å². The fraction of sp³-hybridized carbons (Fsp3) is 0.294. The Morgan fingerprint density at radius 1 is 0.952 bits per heavy atom. The number of benzene rings is 2. The molecule has 0 spiro atoms. The molecule has 0 unspecified atom stereocenters. The summed E-state index contributed by atoms with van der Waals surface area (Å²) in [5.74, 6) is 0.898.